The molecule has 2 rings (SSSR count). The molecule has 0 bridgehead atoms. The third kappa shape index (κ3) is 2.10. The van der Waals surface area contributed by atoms with Crippen LogP contribution in [0.1, 0.15) is 17.9 Å². The molecule has 0 aliphatic heterocycles. The van der Waals surface area contributed by atoms with Crippen LogP contribution in [0.5, 0.6) is 0 Å². The largest absolute Gasteiger partial charge is 0.0885 e. The maximum absolute atomic E-state index is 4.15. The molecule has 1 aliphatic rings. The average molecular weight is 327 g/mol. The van der Waals surface area contributed by atoms with Gasteiger partial charge in [-0.3, -0.25) is 0 Å². The number of rotatable bonds is 3. The van der Waals surface area contributed by atoms with Gasteiger partial charge in [0, 0.05) is 11.5 Å². The highest BCUT2D eigenvalue weighted by atomic mass is 79.9. The van der Waals surface area contributed by atoms with Crippen LogP contribution in [0.25, 0.3) is 0 Å². The summed E-state index contributed by atoms with van der Waals surface area (Å²) in [7, 11) is -2.23. The van der Waals surface area contributed by atoms with E-state index in [1.165, 1.54) is 12.0 Å². The summed E-state index contributed by atoms with van der Waals surface area (Å²) >= 11 is 4.15. The Bertz CT molecular complexity index is 408. The van der Waals surface area contributed by atoms with Crippen molar-refractivity contribution in [3.63, 3.8) is 0 Å². The fourth-order valence-electron chi connectivity index (χ4n) is 2.62. The third-order valence-corrected chi connectivity index (χ3v) is 28.9. The second-order valence-corrected chi connectivity index (χ2v) is 25.9. The van der Waals surface area contributed by atoms with E-state index < -0.39 is 15.2 Å². The molecule has 1 aromatic carbocycles. The molecule has 0 nitrogen and oxygen atoms in total. The molecule has 0 spiro atoms. The van der Waals surface area contributed by atoms with Gasteiger partial charge < -0.3 is 0 Å². The standard InChI is InChI=1S/C14H23BrSi2/c1-16(2,3)17(4,5)14(15)11-13(14)12-9-7-6-8-10-12/h6-10,13H,11H2,1-5H3/t13-,14-/m1/s1. The van der Waals surface area contributed by atoms with Crippen LogP contribution in [0.15, 0.2) is 30.3 Å². The van der Waals surface area contributed by atoms with Gasteiger partial charge in [-0.2, -0.15) is 0 Å². The topological polar surface area (TPSA) is 0 Å². The second-order valence-electron chi connectivity index (χ2n) is 6.90. The van der Waals surface area contributed by atoms with E-state index in [0.29, 0.717) is 3.95 Å². The zero-order valence-electron chi connectivity index (χ0n) is 11.5. The van der Waals surface area contributed by atoms with Gasteiger partial charge in [-0.15, -0.1) is 0 Å². The number of benzene rings is 1. The summed E-state index contributed by atoms with van der Waals surface area (Å²) in [5.41, 5.74) is 1.53. The van der Waals surface area contributed by atoms with E-state index in [1.807, 2.05) is 0 Å². The first-order chi connectivity index (χ1) is 7.70. The van der Waals surface area contributed by atoms with Crippen molar-refractivity contribution in [3.05, 3.63) is 35.9 Å². The molecule has 0 heterocycles. The van der Waals surface area contributed by atoms with Crippen LogP contribution in [0.2, 0.25) is 32.7 Å². The van der Waals surface area contributed by atoms with E-state index in [4.69, 9.17) is 0 Å². The molecule has 17 heavy (non-hydrogen) atoms. The first-order valence-corrected chi connectivity index (χ1v) is 14.7. The van der Waals surface area contributed by atoms with Crippen LogP contribution in [-0.2, 0) is 0 Å². The summed E-state index contributed by atoms with van der Waals surface area (Å²) in [6.45, 7) is 12.8. The highest BCUT2D eigenvalue weighted by molar-refractivity contribution is 9.10. The predicted molar refractivity (Wildman–Crippen MR) is 86.3 cm³/mol. The lowest BCUT2D eigenvalue weighted by atomic mass is 10.1. The molecule has 0 N–H and O–H groups in total. The Morgan fingerprint density at radius 3 is 2.06 bits per heavy atom. The van der Waals surface area contributed by atoms with Crippen molar-refractivity contribution in [1.82, 2.24) is 0 Å². The lowest BCUT2D eigenvalue weighted by molar-refractivity contribution is 1.10. The minimum Gasteiger partial charge on any atom is -0.0885 e. The summed E-state index contributed by atoms with van der Waals surface area (Å²) in [4.78, 5) is 0. The molecular formula is C14H23BrSi2. The molecule has 0 unspecified atom stereocenters. The van der Waals surface area contributed by atoms with E-state index >= 15 is 0 Å². The molecule has 1 aromatic rings. The highest BCUT2D eigenvalue weighted by Crippen LogP contribution is 2.64. The van der Waals surface area contributed by atoms with Crippen molar-refractivity contribution in [1.29, 1.82) is 0 Å². The molecule has 0 amide bonds. The summed E-state index contributed by atoms with van der Waals surface area (Å²) in [5, 5.41) is 0. The Balaban J connectivity index is 2.26. The normalized spacial score (nSPS) is 29.2. The molecule has 0 saturated heterocycles. The van der Waals surface area contributed by atoms with Gasteiger partial charge in [-0.05, 0) is 17.9 Å². The Morgan fingerprint density at radius 1 is 1.06 bits per heavy atom. The Kier molecular flexibility index (Phi) is 3.25. The van der Waals surface area contributed by atoms with Crippen molar-refractivity contribution in [2.45, 2.75) is 49.0 Å². The molecular weight excluding hydrogens is 304 g/mol. The van der Waals surface area contributed by atoms with Crippen LogP contribution in [0.4, 0.5) is 0 Å². The zero-order valence-corrected chi connectivity index (χ0v) is 15.1. The molecule has 0 aromatic heterocycles. The quantitative estimate of drug-likeness (QED) is 0.543. The lowest BCUT2D eigenvalue weighted by Gasteiger charge is -2.40. The van der Waals surface area contributed by atoms with Crippen molar-refractivity contribution in [2.75, 3.05) is 0 Å². The molecule has 1 saturated carbocycles. The van der Waals surface area contributed by atoms with Crippen molar-refractivity contribution < 1.29 is 0 Å². The lowest BCUT2D eigenvalue weighted by Crippen LogP contribution is -2.60. The number of alkyl halides is 1. The monoisotopic (exact) mass is 326 g/mol. The fourth-order valence-corrected chi connectivity index (χ4v) is 16.1. The van der Waals surface area contributed by atoms with Gasteiger partial charge in [0.25, 0.3) is 0 Å². The molecule has 2 atom stereocenters. The van der Waals surface area contributed by atoms with Gasteiger partial charge in [-0.1, -0.05) is 79.0 Å². The van der Waals surface area contributed by atoms with Crippen LogP contribution >= 0.6 is 15.9 Å². The smallest absolute Gasteiger partial charge is 0.0611 e. The molecule has 0 radical (unpaired) electrons. The predicted octanol–water partition coefficient (Wildman–Crippen LogP) is 4.97. The number of hydrogen-bond donors (Lipinski definition) is 0. The zero-order chi connectivity index (χ0) is 12.9. The van der Waals surface area contributed by atoms with E-state index in [9.17, 15) is 0 Å². The van der Waals surface area contributed by atoms with Crippen molar-refractivity contribution >= 4 is 31.1 Å². The van der Waals surface area contributed by atoms with Crippen molar-refractivity contribution in [2.24, 2.45) is 0 Å². The van der Waals surface area contributed by atoms with Crippen LogP contribution in [0.3, 0.4) is 0 Å². The second kappa shape index (κ2) is 4.07. The summed E-state index contributed by atoms with van der Waals surface area (Å²) in [6, 6.07) is 11.0. The average Bonchev–Trinajstić information content (AvgIpc) is 2.92. The Morgan fingerprint density at radius 2 is 1.59 bits per heavy atom. The number of hydrogen-bond acceptors (Lipinski definition) is 0. The highest BCUT2D eigenvalue weighted by Gasteiger charge is 2.65. The van der Waals surface area contributed by atoms with Gasteiger partial charge >= 0.3 is 0 Å². The van der Waals surface area contributed by atoms with E-state index in [2.05, 4.69) is 79.0 Å². The van der Waals surface area contributed by atoms with Crippen molar-refractivity contribution in [3.8, 4) is 0 Å². The molecule has 1 fully saturated rings. The SMILES string of the molecule is C[Si](C)(C)[Si](C)(C)[C@]1(Br)C[C@@H]1c1ccccc1. The minimum absolute atomic E-state index is 0.464. The van der Waals surface area contributed by atoms with Gasteiger partial charge in [-0.25, -0.2) is 0 Å². The first kappa shape index (κ1) is 13.6. The van der Waals surface area contributed by atoms with Gasteiger partial charge in [0.15, 0.2) is 0 Å². The molecule has 1 aliphatic carbocycles. The third-order valence-electron chi connectivity index (χ3n) is 5.01. The summed E-state index contributed by atoms with van der Waals surface area (Å²) in [5.74, 6) is 0.761. The number of halogens is 1. The Hall–Kier alpha value is 0.134. The van der Waals surface area contributed by atoms with Gasteiger partial charge in [0.2, 0.25) is 0 Å². The maximum Gasteiger partial charge on any atom is 0.0611 e. The molecule has 94 valence electrons. The Labute approximate surface area is 116 Å². The maximum atomic E-state index is 4.15. The van der Waals surface area contributed by atoms with E-state index in [0.717, 1.165) is 5.92 Å². The van der Waals surface area contributed by atoms with Crippen LogP contribution < -0.4 is 0 Å². The van der Waals surface area contributed by atoms with Gasteiger partial charge in [0.1, 0.15) is 0 Å². The van der Waals surface area contributed by atoms with Gasteiger partial charge in [0.05, 0.1) is 7.59 Å². The molecule has 3 heteroatoms. The van der Waals surface area contributed by atoms with E-state index in [-0.39, 0.29) is 0 Å². The minimum atomic E-state index is -1.19. The van der Waals surface area contributed by atoms with E-state index in [1.54, 1.807) is 0 Å². The summed E-state index contributed by atoms with van der Waals surface area (Å²) in [6.07, 6.45) is 1.35. The fraction of sp³-hybridized carbons (Fsp3) is 0.571. The van der Waals surface area contributed by atoms with Crippen LogP contribution in [-0.4, -0.2) is 19.1 Å². The summed E-state index contributed by atoms with van der Waals surface area (Å²) < 4.78 is 0.464. The van der Waals surface area contributed by atoms with Crippen LogP contribution in [0, 0.1) is 0 Å². The first-order valence-electron chi connectivity index (χ1n) is 6.44.